The number of halogens is 1. The van der Waals surface area contributed by atoms with Gasteiger partial charge in [-0.3, -0.25) is 14.6 Å². The second kappa shape index (κ2) is 10.4. The molecule has 3 N–H and O–H groups in total. The van der Waals surface area contributed by atoms with Crippen LogP contribution in [0.15, 0.2) is 42.6 Å². The number of nitrogens with zero attached hydrogens (tertiary/aromatic N) is 2. The fourth-order valence-corrected chi connectivity index (χ4v) is 4.23. The maximum absolute atomic E-state index is 13.3. The number of fused-ring (bicyclic) bond motifs is 1. The predicted octanol–water partition coefficient (Wildman–Crippen LogP) is 3.78. The average molecular weight is 478 g/mol. The Hall–Kier alpha value is -3.83. The Balaban J connectivity index is 1.68. The number of aromatic nitrogens is 1. The third-order valence-corrected chi connectivity index (χ3v) is 6.06. The van der Waals surface area contributed by atoms with Crippen molar-refractivity contribution in [3.8, 4) is 11.8 Å². The fraction of sp³-hybridized carbons (Fsp3) is 0.280. The molecule has 8 nitrogen and oxygen atoms in total. The Morgan fingerprint density at radius 2 is 2.15 bits per heavy atom. The van der Waals surface area contributed by atoms with Gasteiger partial charge in [-0.25, -0.2) is 0 Å². The second-order valence-corrected chi connectivity index (χ2v) is 8.43. The van der Waals surface area contributed by atoms with Gasteiger partial charge >= 0.3 is 0 Å². The van der Waals surface area contributed by atoms with Crippen molar-refractivity contribution >= 4 is 40.0 Å². The molecule has 0 bridgehead atoms. The number of methoxy groups -OCH3 is 1. The third kappa shape index (κ3) is 5.05. The Morgan fingerprint density at radius 3 is 2.91 bits per heavy atom. The summed E-state index contributed by atoms with van der Waals surface area (Å²) in [7, 11) is 1.55. The Morgan fingerprint density at radius 1 is 1.29 bits per heavy atom. The summed E-state index contributed by atoms with van der Waals surface area (Å²) in [5.41, 5.74) is 2.78. The molecule has 1 unspecified atom stereocenters. The smallest absolute Gasteiger partial charge is 0.255 e. The monoisotopic (exact) mass is 477 g/mol. The van der Waals surface area contributed by atoms with Crippen molar-refractivity contribution in [2.45, 2.75) is 31.8 Å². The number of nitriles is 1. The molecule has 1 atom stereocenters. The van der Waals surface area contributed by atoms with Gasteiger partial charge in [0.1, 0.15) is 11.8 Å². The van der Waals surface area contributed by atoms with Gasteiger partial charge in [-0.15, -0.1) is 0 Å². The van der Waals surface area contributed by atoms with Crippen LogP contribution in [0.25, 0.3) is 10.9 Å². The van der Waals surface area contributed by atoms with E-state index in [9.17, 15) is 14.9 Å². The van der Waals surface area contributed by atoms with Crippen LogP contribution in [0.5, 0.6) is 5.75 Å². The topological polar surface area (TPSA) is 116 Å². The van der Waals surface area contributed by atoms with E-state index in [1.54, 1.807) is 37.4 Å². The molecule has 1 aliphatic rings. The number of hydrogen-bond acceptors (Lipinski definition) is 6. The van der Waals surface area contributed by atoms with Crippen LogP contribution in [0.4, 0.5) is 5.69 Å². The van der Waals surface area contributed by atoms with Gasteiger partial charge < -0.3 is 20.7 Å². The predicted molar refractivity (Wildman–Crippen MR) is 130 cm³/mol. The lowest BCUT2D eigenvalue weighted by Crippen LogP contribution is -2.45. The highest BCUT2D eigenvalue weighted by Crippen LogP contribution is 2.29. The molecule has 2 heterocycles. The molecule has 1 saturated heterocycles. The number of benzene rings is 2. The number of anilines is 1. The lowest BCUT2D eigenvalue weighted by Gasteiger charge is -2.18. The zero-order valence-electron chi connectivity index (χ0n) is 18.7. The standard InChI is InChI=1S/C25H24ClN5O3/c1-34-22-8-6-16(11-19(22)26)13-30-23-17-10-15(12-27)5-7-20(17)29-14-18(23)24(32)31-21-4-2-3-9-28-25(21)33/h5-8,10-11,14,21H,2-4,9,13H2,1H3,(H,28,33)(H,29,30)(H,31,32). The van der Waals surface area contributed by atoms with Crippen molar-refractivity contribution < 1.29 is 14.3 Å². The van der Waals surface area contributed by atoms with E-state index < -0.39 is 11.9 Å². The zero-order valence-corrected chi connectivity index (χ0v) is 19.4. The summed E-state index contributed by atoms with van der Waals surface area (Å²) in [6, 6.07) is 12.1. The second-order valence-electron chi connectivity index (χ2n) is 8.03. The number of hydrogen-bond donors (Lipinski definition) is 3. The molecule has 174 valence electrons. The number of amides is 2. The number of pyridine rings is 1. The molecule has 9 heteroatoms. The van der Waals surface area contributed by atoms with Crippen molar-refractivity contribution in [3.63, 3.8) is 0 Å². The molecular formula is C25H24ClN5O3. The number of rotatable bonds is 6. The first kappa shape index (κ1) is 23.3. The summed E-state index contributed by atoms with van der Waals surface area (Å²) in [6.07, 6.45) is 3.78. The minimum atomic E-state index is -0.607. The molecule has 2 aromatic carbocycles. The molecule has 1 aliphatic heterocycles. The van der Waals surface area contributed by atoms with Crippen molar-refractivity contribution in [1.82, 2.24) is 15.6 Å². The van der Waals surface area contributed by atoms with Gasteiger partial charge in [-0.05, 0) is 55.2 Å². The molecule has 0 spiro atoms. The van der Waals surface area contributed by atoms with Gasteiger partial charge in [-0.1, -0.05) is 17.7 Å². The van der Waals surface area contributed by atoms with Gasteiger partial charge in [0, 0.05) is 24.7 Å². The van der Waals surface area contributed by atoms with Crippen molar-refractivity contribution in [1.29, 1.82) is 5.26 Å². The van der Waals surface area contributed by atoms with E-state index in [4.69, 9.17) is 16.3 Å². The molecule has 1 aromatic heterocycles. The van der Waals surface area contributed by atoms with E-state index in [2.05, 4.69) is 27.0 Å². The van der Waals surface area contributed by atoms with Crippen LogP contribution in [0.1, 0.15) is 40.7 Å². The SMILES string of the molecule is COc1ccc(CNc2c(C(=O)NC3CCCCNC3=O)cnc3ccc(C#N)cc23)cc1Cl. The average Bonchev–Trinajstić information content (AvgIpc) is 3.05. The number of ether oxygens (including phenoxy) is 1. The molecule has 2 amide bonds. The highest BCUT2D eigenvalue weighted by Gasteiger charge is 2.25. The lowest BCUT2D eigenvalue weighted by molar-refractivity contribution is -0.122. The molecule has 4 rings (SSSR count). The summed E-state index contributed by atoms with van der Waals surface area (Å²) < 4.78 is 5.21. The van der Waals surface area contributed by atoms with E-state index in [0.717, 1.165) is 18.4 Å². The van der Waals surface area contributed by atoms with Crippen molar-refractivity contribution in [2.24, 2.45) is 0 Å². The first-order valence-electron chi connectivity index (χ1n) is 11.0. The maximum atomic E-state index is 13.3. The zero-order chi connectivity index (χ0) is 24.1. The Bertz CT molecular complexity index is 1290. The summed E-state index contributed by atoms with van der Waals surface area (Å²) in [5.74, 6) is -0.0250. The van der Waals surface area contributed by atoms with E-state index >= 15 is 0 Å². The van der Waals surface area contributed by atoms with Gasteiger partial charge in [0.15, 0.2) is 0 Å². The molecule has 1 fully saturated rings. The van der Waals surface area contributed by atoms with Crippen molar-refractivity contribution in [3.05, 3.63) is 64.3 Å². The lowest BCUT2D eigenvalue weighted by atomic mass is 10.0. The van der Waals surface area contributed by atoms with Crippen LogP contribution in [0.2, 0.25) is 5.02 Å². The van der Waals surface area contributed by atoms with Gasteiger partial charge in [0.2, 0.25) is 5.91 Å². The molecule has 34 heavy (non-hydrogen) atoms. The van der Waals surface area contributed by atoms with E-state index in [1.165, 1.54) is 6.20 Å². The number of carbonyl (C=O) groups excluding carboxylic acids is 2. The van der Waals surface area contributed by atoms with Crippen LogP contribution < -0.4 is 20.7 Å². The van der Waals surface area contributed by atoms with Gasteiger partial charge in [-0.2, -0.15) is 5.26 Å². The normalized spacial score (nSPS) is 15.7. The summed E-state index contributed by atoms with van der Waals surface area (Å²) in [4.78, 5) is 30.0. The summed E-state index contributed by atoms with van der Waals surface area (Å²) in [6.45, 7) is 0.973. The van der Waals surface area contributed by atoms with Crippen LogP contribution in [-0.4, -0.2) is 36.5 Å². The largest absolute Gasteiger partial charge is 0.495 e. The Labute approximate surface area is 202 Å². The van der Waals surface area contributed by atoms with Crippen LogP contribution in [0, 0.1) is 11.3 Å². The molecule has 0 saturated carbocycles. The Kier molecular flexibility index (Phi) is 7.14. The highest BCUT2D eigenvalue weighted by molar-refractivity contribution is 6.32. The summed E-state index contributed by atoms with van der Waals surface area (Å²) >= 11 is 6.26. The summed E-state index contributed by atoms with van der Waals surface area (Å²) in [5, 5.41) is 19.5. The van der Waals surface area contributed by atoms with Gasteiger partial charge in [0.05, 0.1) is 40.5 Å². The molecular weight excluding hydrogens is 454 g/mol. The van der Waals surface area contributed by atoms with E-state index in [0.29, 0.717) is 58.0 Å². The quantitative estimate of drug-likeness (QED) is 0.497. The minimum Gasteiger partial charge on any atom is -0.495 e. The first-order valence-corrected chi connectivity index (χ1v) is 11.4. The van der Waals surface area contributed by atoms with Crippen LogP contribution in [0.3, 0.4) is 0 Å². The minimum absolute atomic E-state index is 0.186. The van der Waals surface area contributed by atoms with Gasteiger partial charge in [0.25, 0.3) is 5.91 Å². The first-order chi connectivity index (χ1) is 16.5. The van der Waals surface area contributed by atoms with E-state index in [-0.39, 0.29) is 5.91 Å². The highest BCUT2D eigenvalue weighted by atomic mass is 35.5. The van der Waals surface area contributed by atoms with Crippen LogP contribution >= 0.6 is 11.6 Å². The van der Waals surface area contributed by atoms with Crippen LogP contribution in [-0.2, 0) is 11.3 Å². The van der Waals surface area contributed by atoms with Crippen molar-refractivity contribution in [2.75, 3.05) is 19.0 Å². The maximum Gasteiger partial charge on any atom is 0.255 e. The number of nitrogens with one attached hydrogen (secondary N) is 3. The third-order valence-electron chi connectivity index (χ3n) is 5.77. The number of carbonyl (C=O) groups is 2. The molecule has 0 radical (unpaired) electrons. The molecule has 3 aromatic rings. The fourth-order valence-electron chi connectivity index (χ4n) is 3.95. The van der Waals surface area contributed by atoms with E-state index in [1.807, 2.05) is 6.07 Å². The molecule has 0 aliphatic carbocycles.